The molecule has 114 valence electrons. The maximum absolute atomic E-state index is 12.4. The first kappa shape index (κ1) is 15.0. The summed E-state index contributed by atoms with van der Waals surface area (Å²) in [5.41, 5.74) is -1.53. The number of aliphatic carboxylic acids is 1. The molecule has 1 aromatic heterocycles. The molecular formula is C13H17N3O5. The van der Waals surface area contributed by atoms with Gasteiger partial charge < -0.3 is 15.0 Å². The van der Waals surface area contributed by atoms with Gasteiger partial charge in [0.1, 0.15) is 5.56 Å². The third-order valence-corrected chi connectivity index (χ3v) is 3.63. The van der Waals surface area contributed by atoms with Gasteiger partial charge in [-0.05, 0) is 25.7 Å². The van der Waals surface area contributed by atoms with E-state index in [2.05, 4.69) is 4.98 Å². The Morgan fingerprint density at radius 1 is 1.33 bits per heavy atom. The van der Waals surface area contributed by atoms with Gasteiger partial charge in [0.25, 0.3) is 11.5 Å². The minimum atomic E-state index is -0.908. The second-order valence-corrected chi connectivity index (χ2v) is 5.07. The fourth-order valence-corrected chi connectivity index (χ4v) is 2.58. The predicted molar refractivity (Wildman–Crippen MR) is 73.2 cm³/mol. The lowest BCUT2D eigenvalue weighted by Crippen LogP contribution is -2.46. The van der Waals surface area contributed by atoms with Gasteiger partial charge in [-0.1, -0.05) is 0 Å². The van der Waals surface area contributed by atoms with Crippen LogP contribution in [0.5, 0.6) is 0 Å². The zero-order valence-corrected chi connectivity index (χ0v) is 11.4. The van der Waals surface area contributed by atoms with Crippen LogP contribution >= 0.6 is 0 Å². The van der Waals surface area contributed by atoms with E-state index in [-0.39, 0.29) is 18.0 Å². The van der Waals surface area contributed by atoms with Crippen molar-refractivity contribution in [1.82, 2.24) is 14.9 Å². The highest BCUT2D eigenvalue weighted by molar-refractivity contribution is 5.93. The van der Waals surface area contributed by atoms with Gasteiger partial charge in [-0.15, -0.1) is 0 Å². The number of hydrogen-bond acceptors (Lipinski definition) is 4. The molecule has 1 atom stereocenters. The van der Waals surface area contributed by atoms with E-state index in [0.717, 1.165) is 25.5 Å². The largest absolute Gasteiger partial charge is 0.481 e. The number of hydrogen-bond donors (Lipinski definition) is 3. The summed E-state index contributed by atoms with van der Waals surface area (Å²) in [4.78, 5) is 51.6. The highest BCUT2D eigenvalue weighted by Gasteiger charge is 2.29. The van der Waals surface area contributed by atoms with E-state index in [1.54, 1.807) is 0 Å². The summed E-state index contributed by atoms with van der Waals surface area (Å²) in [5, 5.41) is 8.76. The smallest absolute Gasteiger partial charge is 0.325 e. The van der Waals surface area contributed by atoms with Crippen molar-refractivity contribution in [2.45, 2.75) is 38.1 Å². The van der Waals surface area contributed by atoms with Crippen LogP contribution < -0.4 is 11.2 Å². The van der Waals surface area contributed by atoms with Crippen molar-refractivity contribution in [2.75, 3.05) is 6.54 Å². The van der Waals surface area contributed by atoms with Crippen LogP contribution in [0, 0.1) is 0 Å². The Balaban J connectivity index is 2.20. The average molecular weight is 295 g/mol. The molecule has 8 heteroatoms. The number of nitrogens with zero attached hydrogens (tertiary/aromatic N) is 1. The van der Waals surface area contributed by atoms with Crippen molar-refractivity contribution in [3.63, 3.8) is 0 Å². The molecule has 8 nitrogen and oxygen atoms in total. The fraction of sp³-hybridized carbons (Fsp3) is 0.538. The van der Waals surface area contributed by atoms with Crippen LogP contribution in [0.3, 0.4) is 0 Å². The molecule has 0 aromatic carbocycles. The Kier molecular flexibility index (Phi) is 4.56. The Hall–Kier alpha value is -2.38. The standard InChI is InChI=1S/C13H17N3O5/c17-10(18)5-4-8-3-1-2-6-16(8)12(20)9-7-14-13(21)15-11(9)19/h7-8H,1-6H2,(H,17,18)(H2,14,15,19,21). The van der Waals surface area contributed by atoms with Crippen molar-refractivity contribution in [1.29, 1.82) is 0 Å². The highest BCUT2D eigenvalue weighted by Crippen LogP contribution is 2.22. The minimum absolute atomic E-state index is 0.0174. The zero-order valence-electron chi connectivity index (χ0n) is 11.4. The van der Waals surface area contributed by atoms with E-state index in [1.165, 1.54) is 4.90 Å². The molecule has 1 aliphatic rings. The van der Waals surface area contributed by atoms with E-state index in [0.29, 0.717) is 13.0 Å². The Labute approximate surface area is 119 Å². The molecule has 3 N–H and O–H groups in total. The fourth-order valence-electron chi connectivity index (χ4n) is 2.58. The molecule has 0 aliphatic carbocycles. The zero-order chi connectivity index (χ0) is 15.4. The first-order chi connectivity index (χ1) is 9.99. The van der Waals surface area contributed by atoms with Crippen LogP contribution in [-0.4, -0.2) is 44.4 Å². The summed E-state index contributed by atoms with van der Waals surface area (Å²) >= 11 is 0. The predicted octanol–water partition coefficient (Wildman–Crippen LogP) is -0.0773. The summed E-state index contributed by atoms with van der Waals surface area (Å²) in [5.74, 6) is -1.38. The second kappa shape index (κ2) is 6.38. The number of amides is 1. The van der Waals surface area contributed by atoms with Crippen LogP contribution in [0.15, 0.2) is 15.8 Å². The van der Waals surface area contributed by atoms with Crippen molar-refractivity contribution in [2.24, 2.45) is 0 Å². The number of carboxylic acid groups (broad SMARTS) is 1. The van der Waals surface area contributed by atoms with Crippen molar-refractivity contribution < 1.29 is 14.7 Å². The van der Waals surface area contributed by atoms with Gasteiger partial charge in [0.2, 0.25) is 0 Å². The van der Waals surface area contributed by atoms with E-state index < -0.39 is 23.1 Å². The number of rotatable bonds is 4. The molecule has 0 bridgehead atoms. The van der Waals surface area contributed by atoms with Gasteiger partial charge in [0.05, 0.1) is 0 Å². The first-order valence-electron chi connectivity index (χ1n) is 6.84. The van der Waals surface area contributed by atoms with Gasteiger partial charge in [-0.3, -0.25) is 19.4 Å². The Bertz CT molecular complexity index is 648. The number of carbonyl (C=O) groups is 2. The molecule has 21 heavy (non-hydrogen) atoms. The lowest BCUT2D eigenvalue weighted by Gasteiger charge is -2.35. The summed E-state index contributed by atoms with van der Waals surface area (Å²) in [6.45, 7) is 0.488. The quantitative estimate of drug-likeness (QED) is 0.717. The first-order valence-corrected chi connectivity index (χ1v) is 6.84. The SMILES string of the molecule is O=C(O)CCC1CCCCN1C(=O)c1c[nH]c(=O)[nH]c1=O. The molecule has 1 unspecified atom stereocenters. The summed E-state index contributed by atoms with van der Waals surface area (Å²) < 4.78 is 0. The molecule has 2 rings (SSSR count). The van der Waals surface area contributed by atoms with Crippen LogP contribution in [0.1, 0.15) is 42.5 Å². The average Bonchev–Trinajstić information content (AvgIpc) is 2.45. The van der Waals surface area contributed by atoms with Crippen LogP contribution in [0.25, 0.3) is 0 Å². The second-order valence-electron chi connectivity index (χ2n) is 5.07. The van der Waals surface area contributed by atoms with E-state index in [9.17, 15) is 19.2 Å². The molecule has 0 saturated carbocycles. The van der Waals surface area contributed by atoms with Gasteiger partial charge in [0, 0.05) is 25.2 Å². The minimum Gasteiger partial charge on any atom is -0.481 e. The van der Waals surface area contributed by atoms with E-state index in [4.69, 9.17) is 5.11 Å². The maximum atomic E-state index is 12.4. The normalized spacial score (nSPS) is 18.5. The van der Waals surface area contributed by atoms with E-state index in [1.807, 2.05) is 4.98 Å². The summed E-state index contributed by atoms with van der Waals surface area (Å²) in [7, 11) is 0. The third-order valence-electron chi connectivity index (χ3n) is 3.63. The third kappa shape index (κ3) is 3.59. The highest BCUT2D eigenvalue weighted by atomic mass is 16.4. The molecule has 1 amide bonds. The molecule has 1 aromatic rings. The molecule has 1 saturated heterocycles. The van der Waals surface area contributed by atoms with Gasteiger partial charge in [-0.25, -0.2) is 4.79 Å². The Morgan fingerprint density at radius 3 is 2.76 bits per heavy atom. The summed E-state index contributed by atoms with van der Waals surface area (Å²) in [6, 6.07) is -0.186. The number of likely N-dealkylation sites (tertiary alicyclic amines) is 1. The van der Waals surface area contributed by atoms with Crippen molar-refractivity contribution in [3.05, 3.63) is 32.6 Å². The number of piperidine rings is 1. The summed E-state index contributed by atoms with van der Waals surface area (Å²) in [6.07, 6.45) is 3.91. The van der Waals surface area contributed by atoms with Crippen molar-refractivity contribution >= 4 is 11.9 Å². The van der Waals surface area contributed by atoms with Crippen molar-refractivity contribution in [3.8, 4) is 0 Å². The molecular weight excluding hydrogens is 278 g/mol. The number of carbonyl (C=O) groups excluding carboxylic acids is 1. The molecule has 2 heterocycles. The lowest BCUT2D eigenvalue weighted by atomic mass is 9.97. The molecule has 1 fully saturated rings. The van der Waals surface area contributed by atoms with Crippen LogP contribution in [0.4, 0.5) is 0 Å². The molecule has 1 aliphatic heterocycles. The molecule has 0 spiro atoms. The van der Waals surface area contributed by atoms with Crippen LogP contribution in [-0.2, 0) is 4.79 Å². The van der Waals surface area contributed by atoms with E-state index >= 15 is 0 Å². The van der Waals surface area contributed by atoms with Gasteiger partial charge in [0.15, 0.2) is 0 Å². The number of H-pyrrole nitrogens is 2. The molecule has 0 radical (unpaired) electrons. The number of aromatic nitrogens is 2. The lowest BCUT2D eigenvalue weighted by molar-refractivity contribution is -0.137. The van der Waals surface area contributed by atoms with Gasteiger partial charge in [-0.2, -0.15) is 0 Å². The monoisotopic (exact) mass is 295 g/mol. The number of nitrogens with one attached hydrogen (secondary N) is 2. The topological polar surface area (TPSA) is 123 Å². The van der Waals surface area contributed by atoms with Gasteiger partial charge >= 0.3 is 11.7 Å². The Morgan fingerprint density at radius 2 is 2.10 bits per heavy atom. The maximum Gasteiger partial charge on any atom is 0.325 e. The number of aromatic amines is 2. The number of carboxylic acids is 1. The van der Waals surface area contributed by atoms with Crippen LogP contribution in [0.2, 0.25) is 0 Å².